The molecule has 1 atom stereocenters. The normalized spacial score (nSPS) is 22.8. The highest BCUT2D eigenvalue weighted by Crippen LogP contribution is 2.28. The molecule has 0 bridgehead atoms. The Morgan fingerprint density at radius 1 is 1.00 bits per heavy atom. The van der Waals surface area contributed by atoms with E-state index in [1.165, 1.54) is 0 Å². The Hall–Kier alpha value is -0.810. The summed E-state index contributed by atoms with van der Waals surface area (Å²) in [4.78, 5) is 23.0. The van der Waals surface area contributed by atoms with Gasteiger partial charge in [0, 0.05) is 19.0 Å². The van der Waals surface area contributed by atoms with Crippen LogP contribution in [0.25, 0.3) is 0 Å². The molecule has 0 aromatic rings. The third-order valence-electron chi connectivity index (χ3n) is 3.30. The zero-order valence-electron chi connectivity index (χ0n) is 10.5. The summed E-state index contributed by atoms with van der Waals surface area (Å²) in [5, 5.41) is 8.88. The molecule has 0 radical (unpaired) electrons. The molecule has 0 aromatic carbocycles. The number of hydrogen-bond acceptors (Lipinski definition) is 3. The summed E-state index contributed by atoms with van der Waals surface area (Å²) in [5.41, 5.74) is 0. The number of halogens is 1. The van der Waals surface area contributed by atoms with Crippen LogP contribution in [0.1, 0.15) is 32.1 Å². The standard InChI is InChI=1S/C12H21N3O2.ClH/c16-11(9-4-5-9)14-7-8-15-12(17)10-3-1-2-6-13-10;/h9-10,13H,1-8H2,(H,14,16)(H,15,17);1H/t10-;/m0./s1. The van der Waals surface area contributed by atoms with Gasteiger partial charge in [0.25, 0.3) is 0 Å². The van der Waals surface area contributed by atoms with Gasteiger partial charge in [-0.2, -0.15) is 0 Å². The van der Waals surface area contributed by atoms with Crippen LogP contribution in [0.2, 0.25) is 0 Å². The molecule has 2 amide bonds. The Balaban J connectivity index is 0.00000162. The van der Waals surface area contributed by atoms with Crippen LogP contribution in [0.4, 0.5) is 0 Å². The summed E-state index contributed by atoms with van der Waals surface area (Å²) >= 11 is 0. The lowest BCUT2D eigenvalue weighted by atomic mass is 10.0. The summed E-state index contributed by atoms with van der Waals surface area (Å²) in [6.07, 6.45) is 5.22. The van der Waals surface area contributed by atoms with Gasteiger partial charge in [0.05, 0.1) is 6.04 Å². The van der Waals surface area contributed by atoms with Crippen LogP contribution in [0.5, 0.6) is 0 Å². The van der Waals surface area contributed by atoms with Crippen LogP contribution in [-0.4, -0.2) is 37.5 Å². The van der Waals surface area contributed by atoms with Gasteiger partial charge in [-0.05, 0) is 32.2 Å². The summed E-state index contributed by atoms with van der Waals surface area (Å²) in [6.45, 7) is 1.99. The quantitative estimate of drug-likeness (QED) is 0.628. The molecule has 104 valence electrons. The first-order chi connectivity index (χ1) is 8.27. The molecule has 5 nitrogen and oxygen atoms in total. The van der Waals surface area contributed by atoms with Crippen molar-refractivity contribution in [1.82, 2.24) is 16.0 Å². The fourth-order valence-corrected chi connectivity index (χ4v) is 2.06. The van der Waals surface area contributed by atoms with Crippen molar-refractivity contribution in [2.24, 2.45) is 5.92 Å². The Kier molecular flexibility index (Phi) is 6.43. The van der Waals surface area contributed by atoms with Crippen LogP contribution >= 0.6 is 12.4 Å². The van der Waals surface area contributed by atoms with Crippen LogP contribution < -0.4 is 16.0 Å². The second kappa shape index (κ2) is 7.59. The summed E-state index contributed by atoms with van der Waals surface area (Å²) in [7, 11) is 0. The molecule has 0 spiro atoms. The van der Waals surface area contributed by atoms with Crippen LogP contribution in [0.15, 0.2) is 0 Å². The maximum atomic E-state index is 11.7. The van der Waals surface area contributed by atoms with Crippen LogP contribution in [0.3, 0.4) is 0 Å². The minimum atomic E-state index is -0.0390. The van der Waals surface area contributed by atoms with Gasteiger partial charge >= 0.3 is 0 Å². The van der Waals surface area contributed by atoms with Gasteiger partial charge in [-0.25, -0.2) is 0 Å². The molecule has 3 N–H and O–H groups in total. The maximum absolute atomic E-state index is 11.7. The molecule has 0 unspecified atom stereocenters. The van der Waals surface area contributed by atoms with E-state index >= 15 is 0 Å². The van der Waals surface area contributed by atoms with Crippen molar-refractivity contribution >= 4 is 24.2 Å². The average Bonchev–Trinajstić information content (AvgIpc) is 3.19. The van der Waals surface area contributed by atoms with E-state index in [0.717, 1.165) is 38.6 Å². The number of rotatable bonds is 5. The predicted molar refractivity (Wildman–Crippen MR) is 71.6 cm³/mol. The highest BCUT2D eigenvalue weighted by atomic mass is 35.5. The SMILES string of the molecule is Cl.O=C(NCCNC(=O)[C@@H]1CCCCN1)C1CC1. The third kappa shape index (κ3) is 4.82. The zero-order valence-corrected chi connectivity index (χ0v) is 11.4. The van der Waals surface area contributed by atoms with Crippen molar-refractivity contribution in [3.63, 3.8) is 0 Å². The largest absolute Gasteiger partial charge is 0.354 e. The second-order valence-corrected chi connectivity index (χ2v) is 4.86. The average molecular weight is 276 g/mol. The first-order valence-electron chi connectivity index (χ1n) is 6.56. The van der Waals surface area contributed by atoms with E-state index in [0.29, 0.717) is 13.1 Å². The molecule has 2 aliphatic rings. The van der Waals surface area contributed by atoms with E-state index in [1.807, 2.05) is 0 Å². The third-order valence-corrected chi connectivity index (χ3v) is 3.30. The fraction of sp³-hybridized carbons (Fsp3) is 0.833. The first-order valence-corrected chi connectivity index (χ1v) is 6.56. The van der Waals surface area contributed by atoms with Crippen molar-refractivity contribution in [3.05, 3.63) is 0 Å². The number of carbonyl (C=O) groups excluding carboxylic acids is 2. The first kappa shape index (κ1) is 15.2. The van der Waals surface area contributed by atoms with E-state index in [-0.39, 0.29) is 36.2 Å². The van der Waals surface area contributed by atoms with E-state index in [1.54, 1.807) is 0 Å². The Bertz CT molecular complexity index is 289. The predicted octanol–water partition coefficient (Wildman–Crippen LogP) is 0.193. The maximum Gasteiger partial charge on any atom is 0.237 e. The molecular weight excluding hydrogens is 254 g/mol. The Morgan fingerprint density at radius 3 is 2.22 bits per heavy atom. The molecule has 2 fully saturated rings. The highest BCUT2D eigenvalue weighted by molar-refractivity contribution is 5.85. The van der Waals surface area contributed by atoms with Gasteiger partial charge in [0.2, 0.25) is 11.8 Å². The molecular formula is C12H22ClN3O2. The van der Waals surface area contributed by atoms with Crippen LogP contribution in [0, 0.1) is 5.92 Å². The number of carbonyl (C=O) groups is 2. The van der Waals surface area contributed by atoms with Gasteiger partial charge in [-0.3, -0.25) is 9.59 Å². The zero-order chi connectivity index (χ0) is 12.1. The van der Waals surface area contributed by atoms with E-state index < -0.39 is 0 Å². The number of piperidine rings is 1. The lowest BCUT2D eigenvalue weighted by Crippen LogP contribution is -2.48. The number of nitrogens with one attached hydrogen (secondary N) is 3. The molecule has 2 rings (SSSR count). The van der Waals surface area contributed by atoms with Gasteiger partial charge in [0.15, 0.2) is 0 Å². The topological polar surface area (TPSA) is 70.2 Å². The molecule has 1 aliphatic heterocycles. The van der Waals surface area contributed by atoms with Gasteiger partial charge in [-0.15, -0.1) is 12.4 Å². The summed E-state index contributed by atoms with van der Waals surface area (Å²) in [6, 6.07) is -0.0390. The van der Waals surface area contributed by atoms with Gasteiger partial charge < -0.3 is 16.0 Å². The number of hydrogen-bond donors (Lipinski definition) is 3. The van der Waals surface area contributed by atoms with Gasteiger partial charge in [0.1, 0.15) is 0 Å². The molecule has 1 saturated carbocycles. The minimum Gasteiger partial charge on any atom is -0.354 e. The minimum absolute atomic E-state index is 0. The molecule has 1 heterocycles. The van der Waals surface area contributed by atoms with Crippen molar-refractivity contribution in [3.8, 4) is 0 Å². The molecule has 1 aliphatic carbocycles. The fourth-order valence-electron chi connectivity index (χ4n) is 2.06. The Morgan fingerprint density at radius 2 is 1.67 bits per heavy atom. The lowest BCUT2D eigenvalue weighted by Gasteiger charge is -2.22. The molecule has 18 heavy (non-hydrogen) atoms. The molecule has 6 heteroatoms. The number of amides is 2. The van der Waals surface area contributed by atoms with Crippen LogP contribution in [-0.2, 0) is 9.59 Å². The lowest BCUT2D eigenvalue weighted by molar-refractivity contribution is -0.124. The van der Waals surface area contributed by atoms with E-state index in [4.69, 9.17) is 0 Å². The smallest absolute Gasteiger partial charge is 0.237 e. The Labute approximate surface area is 114 Å². The molecule has 1 saturated heterocycles. The monoisotopic (exact) mass is 275 g/mol. The van der Waals surface area contributed by atoms with E-state index in [9.17, 15) is 9.59 Å². The van der Waals surface area contributed by atoms with Gasteiger partial charge in [-0.1, -0.05) is 6.42 Å². The van der Waals surface area contributed by atoms with E-state index in [2.05, 4.69) is 16.0 Å². The van der Waals surface area contributed by atoms with Crippen molar-refractivity contribution in [2.75, 3.05) is 19.6 Å². The highest BCUT2D eigenvalue weighted by Gasteiger charge is 2.29. The van der Waals surface area contributed by atoms with Crippen molar-refractivity contribution in [2.45, 2.75) is 38.1 Å². The summed E-state index contributed by atoms with van der Waals surface area (Å²) in [5.74, 6) is 0.436. The van der Waals surface area contributed by atoms with Crippen molar-refractivity contribution < 1.29 is 9.59 Å². The second-order valence-electron chi connectivity index (χ2n) is 4.86. The summed E-state index contributed by atoms with van der Waals surface area (Å²) < 4.78 is 0. The molecule has 0 aromatic heterocycles. The van der Waals surface area contributed by atoms with Crippen molar-refractivity contribution in [1.29, 1.82) is 0 Å².